The van der Waals surface area contributed by atoms with Crippen molar-refractivity contribution in [3.63, 3.8) is 0 Å². The third-order valence-corrected chi connectivity index (χ3v) is 4.86. The van der Waals surface area contributed by atoms with Gasteiger partial charge < -0.3 is 4.74 Å². The average Bonchev–Trinajstić information content (AvgIpc) is 3.36. The topological polar surface area (TPSA) is 65.7 Å². The van der Waals surface area contributed by atoms with Gasteiger partial charge in [0, 0.05) is 12.0 Å². The molecule has 0 bridgehead atoms. The van der Waals surface area contributed by atoms with Crippen molar-refractivity contribution in [2.45, 2.75) is 25.5 Å². The highest BCUT2D eigenvalue weighted by Crippen LogP contribution is 2.30. The summed E-state index contributed by atoms with van der Waals surface area (Å²) >= 11 is 1.65. The Bertz CT molecular complexity index is 820. The fraction of sp³-hybridized carbons (Fsp3) is 0.294. The summed E-state index contributed by atoms with van der Waals surface area (Å²) in [6, 6.07) is 10.1. The number of benzene rings is 1. The van der Waals surface area contributed by atoms with E-state index in [2.05, 4.69) is 25.9 Å². The van der Waals surface area contributed by atoms with Gasteiger partial charge in [-0.25, -0.2) is 9.67 Å². The number of hydrogen-bond acceptors (Lipinski definition) is 6. The van der Waals surface area contributed by atoms with Gasteiger partial charge in [-0.3, -0.25) is 0 Å². The summed E-state index contributed by atoms with van der Waals surface area (Å²) in [4.78, 5) is 4.68. The monoisotopic (exact) mass is 339 g/mol. The van der Waals surface area contributed by atoms with E-state index in [1.165, 1.54) is 0 Å². The number of tetrazole rings is 1. The summed E-state index contributed by atoms with van der Waals surface area (Å²) in [5.74, 6) is 0.713. The van der Waals surface area contributed by atoms with Crippen LogP contribution >= 0.6 is 11.3 Å². The van der Waals surface area contributed by atoms with E-state index < -0.39 is 0 Å². The minimum Gasteiger partial charge on any atom is -0.371 e. The first-order chi connectivity index (χ1) is 11.9. The van der Waals surface area contributed by atoms with Crippen LogP contribution in [0.25, 0.3) is 12.2 Å². The fourth-order valence-electron chi connectivity index (χ4n) is 2.65. The lowest BCUT2D eigenvalue weighted by Crippen LogP contribution is -2.05. The van der Waals surface area contributed by atoms with Crippen molar-refractivity contribution in [3.05, 3.63) is 57.8 Å². The number of rotatable bonds is 5. The zero-order chi connectivity index (χ0) is 16.2. The zero-order valence-corrected chi connectivity index (χ0v) is 13.9. The number of thiazole rings is 1. The largest absolute Gasteiger partial charge is 0.371 e. The van der Waals surface area contributed by atoms with Crippen molar-refractivity contribution in [2.24, 2.45) is 0 Å². The third-order valence-electron chi connectivity index (χ3n) is 3.87. The summed E-state index contributed by atoms with van der Waals surface area (Å²) in [6.45, 7) is 1.39. The minimum absolute atomic E-state index is 0.162. The Balaban J connectivity index is 1.48. The normalized spacial score (nSPS) is 17.8. The highest BCUT2D eigenvalue weighted by Gasteiger charge is 2.21. The van der Waals surface area contributed by atoms with E-state index in [1.54, 1.807) is 16.0 Å². The van der Waals surface area contributed by atoms with Crippen LogP contribution in [0.15, 0.2) is 35.7 Å². The Morgan fingerprint density at radius 2 is 2.17 bits per heavy atom. The van der Waals surface area contributed by atoms with Gasteiger partial charge in [0.05, 0.1) is 12.2 Å². The molecule has 0 amide bonds. The maximum absolute atomic E-state index is 5.69. The second-order valence-electron chi connectivity index (χ2n) is 5.62. The van der Waals surface area contributed by atoms with Crippen LogP contribution in [0, 0.1) is 0 Å². The van der Waals surface area contributed by atoms with Crippen LogP contribution in [0.5, 0.6) is 0 Å². The molecule has 1 aromatic carbocycles. The van der Waals surface area contributed by atoms with Gasteiger partial charge in [-0.1, -0.05) is 36.4 Å². The van der Waals surface area contributed by atoms with E-state index in [1.807, 2.05) is 42.5 Å². The molecule has 1 saturated heterocycles. The molecule has 6 nitrogen and oxygen atoms in total. The van der Waals surface area contributed by atoms with E-state index in [0.717, 1.165) is 35.7 Å². The number of nitrogens with zero attached hydrogens (tertiary/aromatic N) is 5. The molecule has 1 aliphatic heterocycles. The molecule has 122 valence electrons. The van der Waals surface area contributed by atoms with Crippen LogP contribution in [-0.2, 0) is 11.3 Å². The maximum Gasteiger partial charge on any atom is 0.175 e. The molecule has 24 heavy (non-hydrogen) atoms. The standard InChI is InChI=1S/C17H17N5OS/c1-2-5-13(6-3-1)8-9-16-19-20-21-22(16)11-14-12-24-17(18-14)15-7-4-10-23-15/h1-3,5-6,8-9,12,15H,4,7,10-11H2. The third kappa shape index (κ3) is 3.42. The average molecular weight is 339 g/mol. The van der Waals surface area contributed by atoms with Crippen molar-refractivity contribution in [3.8, 4) is 0 Å². The van der Waals surface area contributed by atoms with Gasteiger partial charge in [-0.2, -0.15) is 0 Å². The summed E-state index contributed by atoms with van der Waals surface area (Å²) in [6.07, 6.45) is 6.25. The van der Waals surface area contributed by atoms with Gasteiger partial charge in [-0.15, -0.1) is 16.4 Å². The smallest absolute Gasteiger partial charge is 0.175 e. The van der Waals surface area contributed by atoms with E-state index in [0.29, 0.717) is 12.4 Å². The van der Waals surface area contributed by atoms with Gasteiger partial charge in [0.1, 0.15) is 11.1 Å². The van der Waals surface area contributed by atoms with Crippen LogP contribution in [0.4, 0.5) is 0 Å². The second kappa shape index (κ2) is 7.02. The van der Waals surface area contributed by atoms with Gasteiger partial charge in [0.15, 0.2) is 5.82 Å². The van der Waals surface area contributed by atoms with Crippen molar-refractivity contribution >= 4 is 23.5 Å². The highest BCUT2D eigenvalue weighted by atomic mass is 32.1. The molecular formula is C17H17N5OS. The predicted molar refractivity (Wildman–Crippen MR) is 92.3 cm³/mol. The molecule has 0 spiro atoms. The van der Waals surface area contributed by atoms with Crippen LogP contribution in [0.1, 0.15) is 41.0 Å². The molecule has 0 radical (unpaired) electrons. The molecule has 1 atom stereocenters. The quantitative estimate of drug-likeness (QED) is 0.714. The van der Waals surface area contributed by atoms with Gasteiger partial charge >= 0.3 is 0 Å². The predicted octanol–water partition coefficient (Wildman–Crippen LogP) is 3.20. The van der Waals surface area contributed by atoms with Crippen LogP contribution in [0.2, 0.25) is 0 Å². The van der Waals surface area contributed by atoms with Crippen molar-refractivity contribution < 1.29 is 4.74 Å². The molecule has 4 rings (SSSR count). The number of hydrogen-bond donors (Lipinski definition) is 0. The van der Waals surface area contributed by atoms with Gasteiger partial charge in [0.25, 0.3) is 0 Å². The Morgan fingerprint density at radius 1 is 1.25 bits per heavy atom. The molecule has 0 saturated carbocycles. The zero-order valence-electron chi connectivity index (χ0n) is 13.1. The molecular weight excluding hydrogens is 322 g/mol. The van der Waals surface area contributed by atoms with Gasteiger partial charge in [-0.05, 0) is 34.9 Å². The molecule has 0 aliphatic carbocycles. The van der Waals surface area contributed by atoms with Crippen molar-refractivity contribution in [2.75, 3.05) is 6.61 Å². The van der Waals surface area contributed by atoms with Crippen LogP contribution < -0.4 is 0 Å². The number of aromatic nitrogens is 5. The molecule has 7 heteroatoms. The Morgan fingerprint density at radius 3 is 3.00 bits per heavy atom. The lowest BCUT2D eigenvalue weighted by atomic mass is 10.2. The molecule has 1 unspecified atom stereocenters. The van der Waals surface area contributed by atoms with E-state index in [9.17, 15) is 0 Å². The minimum atomic E-state index is 0.162. The second-order valence-corrected chi connectivity index (χ2v) is 6.51. The summed E-state index contributed by atoms with van der Waals surface area (Å²) in [5.41, 5.74) is 2.08. The van der Waals surface area contributed by atoms with Crippen LogP contribution in [-0.4, -0.2) is 31.8 Å². The first kappa shape index (κ1) is 15.2. The fourth-order valence-corrected chi connectivity index (χ4v) is 3.54. The number of ether oxygens (including phenoxy) is 1. The van der Waals surface area contributed by atoms with Gasteiger partial charge in [0.2, 0.25) is 0 Å². The summed E-state index contributed by atoms with van der Waals surface area (Å²) < 4.78 is 7.45. The lowest BCUT2D eigenvalue weighted by molar-refractivity contribution is 0.111. The molecule has 2 aromatic heterocycles. The highest BCUT2D eigenvalue weighted by molar-refractivity contribution is 7.09. The first-order valence-electron chi connectivity index (χ1n) is 7.94. The Kier molecular flexibility index (Phi) is 4.44. The Labute approximate surface area is 143 Å². The lowest BCUT2D eigenvalue weighted by Gasteiger charge is -2.03. The molecule has 1 fully saturated rings. The van der Waals surface area contributed by atoms with E-state index in [-0.39, 0.29) is 6.10 Å². The first-order valence-corrected chi connectivity index (χ1v) is 8.82. The summed E-state index contributed by atoms with van der Waals surface area (Å²) in [5, 5.41) is 15.0. The maximum atomic E-state index is 5.69. The van der Waals surface area contributed by atoms with Crippen molar-refractivity contribution in [1.82, 2.24) is 25.2 Å². The molecule has 3 heterocycles. The molecule has 3 aromatic rings. The van der Waals surface area contributed by atoms with E-state index in [4.69, 9.17) is 4.74 Å². The summed E-state index contributed by atoms with van der Waals surface area (Å²) in [7, 11) is 0. The van der Waals surface area contributed by atoms with Crippen molar-refractivity contribution in [1.29, 1.82) is 0 Å². The molecule has 0 N–H and O–H groups in total. The Hall–Kier alpha value is -2.38. The SMILES string of the molecule is C(=Cc1nnnn1Cc1csc(C2CCCO2)n1)c1ccccc1. The molecule has 1 aliphatic rings. The van der Waals surface area contributed by atoms with Crippen LogP contribution in [0.3, 0.4) is 0 Å². The van der Waals surface area contributed by atoms with E-state index >= 15 is 0 Å².